The highest BCUT2D eigenvalue weighted by Crippen LogP contribution is 2.37. The van der Waals surface area contributed by atoms with Crippen LogP contribution in [-0.2, 0) is 12.7 Å². The number of pyridine rings is 1. The van der Waals surface area contributed by atoms with Crippen LogP contribution in [0, 0.1) is 0 Å². The van der Waals surface area contributed by atoms with Crippen LogP contribution in [0.3, 0.4) is 0 Å². The minimum Gasteiger partial charge on any atom is -0.258 e. The summed E-state index contributed by atoms with van der Waals surface area (Å²) >= 11 is 6.24. The maximum absolute atomic E-state index is 13.5. The Morgan fingerprint density at radius 3 is 2.41 bits per heavy atom. The topological polar surface area (TPSA) is 30.7 Å². The van der Waals surface area contributed by atoms with E-state index in [1.165, 1.54) is 10.7 Å². The third-order valence-electron chi connectivity index (χ3n) is 4.26. The number of alkyl halides is 3. The van der Waals surface area contributed by atoms with Crippen molar-refractivity contribution in [2.45, 2.75) is 12.7 Å². The Kier molecular flexibility index (Phi) is 4.36. The Morgan fingerprint density at radius 2 is 1.70 bits per heavy atom. The van der Waals surface area contributed by atoms with Crippen LogP contribution >= 0.6 is 11.6 Å². The van der Waals surface area contributed by atoms with Crippen molar-refractivity contribution in [1.82, 2.24) is 14.8 Å². The van der Waals surface area contributed by atoms with Gasteiger partial charge in [-0.15, -0.1) is 0 Å². The molecule has 0 aliphatic heterocycles. The summed E-state index contributed by atoms with van der Waals surface area (Å²) in [6.07, 6.45) is -2.90. The van der Waals surface area contributed by atoms with E-state index in [1.54, 1.807) is 42.6 Å². The Morgan fingerprint density at radius 1 is 0.926 bits per heavy atom. The van der Waals surface area contributed by atoms with Gasteiger partial charge in [-0.05, 0) is 29.8 Å². The van der Waals surface area contributed by atoms with Crippen LogP contribution in [0.4, 0.5) is 13.2 Å². The first-order chi connectivity index (χ1) is 12.9. The van der Waals surface area contributed by atoms with E-state index in [9.17, 15) is 13.2 Å². The van der Waals surface area contributed by atoms with Crippen molar-refractivity contribution in [3.05, 3.63) is 83.0 Å². The van der Waals surface area contributed by atoms with Gasteiger partial charge in [-0.2, -0.15) is 18.3 Å². The van der Waals surface area contributed by atoms with Crippen molar-refractivity contribution < 1.29 is 13.2 Å². The van der Waals surface area contributed by atoms with E-state index in [4.69, 9.17) is 11.6 Å². The zero-order chi connectivity index (χ0) is 19.0. The van der Waals surface area contributed by atoms with E-state index in [1.807, 2.05) is 12.1 Å². The van der Waals surface area contributed by atoms with Crippen LogP contribution in [0.2, 0.25) is 5.02 Å². The summed E-state index contributed by atoms with van der Waals surface area (Å²) in [7, 11) is 0. The average Bonchev–Trinajstić information content (AvgIpc) is 3.01. The molecule has 7 heteroatoms. The van der Waals surface area contributed by atoms with Crippen LogP contribution in [-0.4, -0.2) is 14.8 Å². The Hall–Kier alpha value is -2.86. The number of nitrogens with zero attached hydrogens (tertiary/aromatic N) is 3. The second kappa shape index (κ2) is 6.70. The van der Waals surface area contributed by atoms with Crippen LogP contribution in [0.25, 0.3) is 22.3 Å². The molecule has 0 fully saturated rings. The van der Waals surface area contributed by atoms with Crippen molar-refractivity contribution in [1.29, 1.82) is 0 Å². The molecule has 0 radical (unpaired) electrons. The largest absolute Gasteiger partial charge is 0.418 e. The van der Waals surface area contributed by atoms with Crippen molar-refractivity contribution >= 4 is 22.5 Å². The van der Waals surface area contributed by atoms with E-state index in [0.717, 1.165) is 11.6 Å². The highest BCUT2D eigenvalue weighted by Gasteiger charge is 2.34. The van der Waals surface area contributed by atoms with Crippen LogP contribution in [0.15, 0.2) is 66.9 Å². The SMILES string of the molecule is FC(F)(F)c1cccc2c(-c3ccccn3)n(Cc3ccccc3Cl)nc12. The number of hydrogen-bond acceptors (Lipinski definition) is 2. The number of fused-ring (bicyclic) bond motifs is 1. The number of hydrogen-bond donors (Lipinski definition) is 0. The zero-order valence-corrected chi connectivity index (χ0v) is 14.7. The van der Waals surface area contributed by atoms with E-state index >= 15 is 0 Å². The highest BCUT2D eigenvalue weighted by molar-refractivity contribution is 6.31. The van der Waals surface area contributed by atoms with Gasteiger partial charge in [0.25, 0.3) is 0 Å². The van der Waals surface area contributed by atoms with Gasteiger partial charge < -0.3 is 0 Å². The molecule has 0 unspecified atom stereocenters. The van der Waals surface area contributed by atoms with Gasteiger partial charge in [0.1, 0.15) is 5.52 Å². The summed E-state index contributed by atoms with van der Waals surface area (Å²) in [5, 5.41) is 5.22. The van der Waals surface area contributed by atoms with Crippen molar-refractivity contribution in [2.24, 2.45) is 0 Å². The zero-order valence-electron chi connectivity index (χ0n) is 13.9. The van der Waals surface area contributed by atoms with Crippen LogP contribution in [0.5, 0.6) is 0 Å². The van der Waals surface area contributed by atoms with Gasteiger partial charge >= 0.3 is 6.18 Å². The molecular formula is C20H13ClF3N3. The van der Waals surface area contributed by atoms with Gasteiger partial charge in [0.2, 0.25) is 0 Å². The Bertz CT molecular complexity index is 1100. The number of rotatable bonds is 3. The van der Waals surface area contributed by atoms with Gasteiger partial charge in [0, 0.05) is 16.6 Å². The summed E-state index contributed by atoms with van der Waals surface area (Å²) in [4.78, 5) is 4.31. The van der Waals surface area contributed by atoms with Gasteiger partial charge in [-0.3, -0.25) is 9.67 Å². The molecule has 0 amide bonds. The lowest BCUT2D eigenvalue weighted by Crippen LogP contribution is -2.07. The quantitative estimate of drug-likeness (QED) is 0.443. The Labute approximate surface area is 158 Å². The van der Waals surface area contributed by atoms with Gasteiger partial charge in [0.15, 0.2) is 0 Å². The summed E-state index contributed by atoms with van der Waals surface area (Å²) < 4.78 is 41.9. The highest BCUT2D eigenvalue weighted by atomic mass is 35.5. The van der Waals surface area contributed by atoms with Crippen LogP contribution in [0.1, 0.15) is 11.1 Å². The molecular weight excluding hydrogens is 375 g/mol. The van der Waals surface area contributed by atoms with Gasteiger partial charge in [0.05, 0.1) is 23.5 Å². The third-order valence-corrected chi connectivity index (χ3v) is 4.63. The van der Waals surface area contributed by atoms with Crippen molar-refractivity contribution in [3.8, 4) is 11.4 Å². The number of aromatic nitrogens is 3. The maximum Gasteiger partial charge on any atom is 0.418 e. The van der Waals surface area contributed by atoms with Crippen LogP contribution < -0.4 is 0 Å². The van der Waals surface area contributed by atoms with Gasteiger partial charge in [-0.25, -0.2) is 0 Å². The first-order valence-electron chi connectivity index (χ1n) is 8.16. The minimum atomic E-state index is -4.50. The molecule has 2 aromatic heterocycles. The molecule has 2 aromatic carbocycles. The molecule has 0 saturated carbocycles. The molecule has 0 N–H and O–H groups in total. The predicted molar refractivity (Wildman–Crippen MR) is 98.5 cm³/mol. The smallest absolute Gasteiger partial charge is 0.258 e. The predicted octanol–water partition coefficient (Wildman–Crippen LogP) is 5.82. The number of benzene rings is 2. The number of halogens is 4. The molecule has 2 heterocycles. The molecule has 0 bridgehead atoms. The second-order valence-electron chi connectivity index (χ2n) is 6.01. The first-order valence-corrected chi connectivity index (χ1v) is 8.54. The van der Waals surface area contributed by atoms with E-state index in [0.29, 0.717) is 21.8 Å². The minimum absolute atomic E-state index is 0.0993. The average molecular weight is 388 g/mol. The first kappa shape index (κ1) is 17.5. The standard InChI is InChI=1S/C20H13ClF3N3/c21-16-9-2-1-6-13(16)12-27-19(17-10-3-4-11-25-17)14-7-5-8-15(18(14)26-27)20(22,23)24/h1-11H,12H2. The monoisotopic (exact) mass is 387 g/mol. The fourth-order valence-corrected chi connectivity index (χ4v) is 3.25. The van der Waals surface area contributed by atoms with E-state index < -0.39 is 11.7 Å². The molecule has 0 saturated heterocycles. The Balaban J connectivity index is 1.98. The molecule has 4 rings (SSSR count). The lowest BCUT2D eigenvalue weighted by Gasteiger charge is -2.09. The van der Waals surface area contributed by atoms with Crippen molar-refractivity contribution in [2.75, 3.05) is 0 Å². The normalized spacial score (nSPS) is 11.9. The molecule has 0 atom stereocenters. The lowest BCUT2D eigenvalue weighted by atomic mass is 10.1. The molecule has 3 nitrogen and oxygen atoms in total. The molecule has 0 aliphatic carbocycles. The second-order valence-corrected chi connectivity index (χ2v) is 6.42. The molecule has 0 spiro atoms. The molecule has 4 aromatic rings. The summed E-state index contributed by atoms with van der Waals surface area (Å²) in [5.74, 6) is 0. The third kappa shape index (κ3) is 3.28. The maximum atomic E-state index is 13.5. The summed E-state index contributed by atoms with van der Waals surface area (Å²) in [5.41, 5.74) is 0.966. The summed E-state index contributed by atoms with van der Waals surface area (Å²) in [6, 6.07) is 16.5. The fraction of sp³-hybridized carbons (Fsp3) is 0.100. The fourth-order valence-electron chi connectivity index (χ4n) is 3.06. The van der Waals surface area contributed by atoms with E-state index in [-0.39, 0.29) is 12.1 Å². The lowest BCUT2D eigenvalue weighted by molar-refractivity contribution is -0.136. The van der Waals surface area contributed by atoms with Gasteiger partial charge in [-0.1, -0.05) is 48.0 Å². The molecule has 0 aliphatic rings. The van der Waals surface area contributed by atoms with E-state index in [2.05, 4.69) is 10.1 Å². The van der Waals surface area contributed by atoms with Crippen molar-refractivity contribution in [3.63, 3.8) is 0 Å². The molecule has 136 valence electrons. The summed E-state index contributed by atoms with van der Waals surface area (Å²) in [6.45, 7) is 0.234. The molecule has 27 heavy (non-hydrogen) atoms.